The lowest BCUT2D eigenvalue weighted by molar-refractivity contribution is -0.386. The molecule has 2 aliphatic rings. The van der Waals surface area contributed by atoms with Gasteiger partial charge in [-0.2, -0.15) is 0 Å². The summed E-state index contributed by atoms with van der Waals surface area (Å²) in [7, 11) is 0. The normalized spacial score (nSPS) is 20.2. The molecule has 12 nitrogen and oxygen atoms in total. The Morgan fingerprint density at radius 2 is 1.12 bits per heavy atom. The summed E-state index contributed by atoms with van der Waals surface area (Å²) < 4.78 is 0. The van der Waals surface area contributed by atoms with E-state index in [1.54, 1.807) is 12.1 Å². The molecule has 1 saturated carbocycles. The highest BCUT2D eigenvalue weighted by Gasteiger charge is 2.49. The van der Waals surface area contributed by atoms with Gasteiger partial charge in [0.1, 0.15) is 13.2 Å². The predicted molar refractivity (Wildman–Crippen MR) is 116 cm³/mol. The first-order valence-electron chi connectivity index (χ1n) is 10.8. The molecule has 0 aromatic heterocycles. The highest BCUT2D eigenvalue weighted by Crippen LogP contribution is 2.33. The van der Waals surface area contributed by atoms with Crippen LogP contribution in [0.3, 0.4) is 0 Å². The number of hydrogen-bond donors (Lipinski definition) is 0. The number of piperazine rings is 1. The van der Waals surface area contributed by atoms with Crippen molar-refractivity contribution in [1.29, 1.82) is 0 Å². The van der Waals surface area contributed by atoms with Crippen molar-refractivity contribution in [2.45, 2.75) is 51.0 Å². The molecule has 0 bridgehead atoms. The van der Waals surface area contributed by atoms with Crippen LogP contribution in [0.2, 0.25) is 0 Å². The van der Waals surface area contributed by atoms with Crippen molar-refractivity contribution in [2.24, 2.45) is 0 Å². The maximum Gasteiger partial charge on any atom is 0.338 e. The van der Waals surface area contributed by atoms with Crippen LogP contribution in [0.5, 0.6) is 0 Å². The molecule has 0 radical (unpaired) electrons. The molecule has 178 valence electrons. The van der Waals surface area contributed by atoms with E-state index in [0.29, 0.717) is 12.8 Å². The van der Waals surface area contributed by atoms with E-state index in [1.807, 2.05) is 0 Å². The van der Waals surface area contributed by atoms with Crippen LogP contribution in [-0.4, -0.2) is 43.9 Å². The molecule has 1 saturated heterocycles. The third kappa shape index (κ3) is 4.58. The van der Waals surface area contributed by atoms with Crippen LogP contribution in [0.1, 0.15) is 36.8 Å². The summed E-state index contributed by atoms with van der Waals surface area (Å²) in [4.78, 5) is 58.6. The minimum atomic E-state index is -0.954. The van der Waals surface area contributed by atoms with Gasteiger partial charge in [0.05, 0.1) is 33.1 Å². The van der Waals surface area contributed by atoms with E-state index in [1.165, 1.54) is 36.4 Å². The van der Waals surface area contributed by atoms with Gasteiger partial charge in [0.25, 0.3) is 11.4 Å². The Morgan fingerprint density at radius 1 is 0.735 bits per heavy atom. The van der Waals surface area contributed by atoms with E-state index in [2.05, 4.69) is 0 Å². The molecule has 1 aliphatic carbocycles. The number of benzene rings is 2. The van der Waals surface area contributed by atoms with E-state index in [0.717, 1.165) is 23.0 Å². The molecule has 12 heteroatoms. The molecule has 0 spiro atoms. The zero-order valence-corrected chi connectivity index (χ0v) is 18.1. The molecule has 0 unspecified atom stereocenters. The summed E-state index contributed by atoms with van der Waals surface area (Å²) in [6.07, 6.45) is 2.69. The summed E-state index contributed by atoms with van der Waals surface area (Å²) in [6, 6.07) is 11.0. The summed E-state index contributed by atoms with van der Waals surface area (Å²) in [5, 5.41) is 24.5. The van der Waals surface area contributed by atoms with Crippen LogP contribution in [0.4, 0.5) is 11.4 Å². The fourth-order valence-electron chi connectivity index (χ4n) is 4.34. The lowest BCUT2D eigenvalue weighted by Crippen LogP contribution is -2.65. The number of nitrogens with zero attached hydrogens (tertiary/aromatic N) is 4. The molecule has 2 aromatic rings. The highest BCUT2D eigenvalue weighted by molar-refractivity contribution is 6.35. The molecular weight excluding hydrogens is 448 g/mol. The van der Waals surface area contributed by atoms with E-state index in [4.69, 9.17) is 9.68 Å². The van der Waals surface area contributed by atoms with Crippen LogP contribution < -0.4 is 0 Å². The molecule has 2 atom stereocenters. The first-order valence-corrected chi connectivity index (χ1v) is 10.8. The largest absolute Gasteiger partial charge is 0.338 e. The van der Waals surface area contributed by atoms with Gasteiger partial charge in [0, 0.05) is 12.1 Å². The maximum absolute atomic E-state index is 12.9. The SMILES string of the molecule is O=C1C(=O)N(OCc2ccccc2[N+](=O)[O-])[C@@H]2CCCC[C@H]2N1OCc1ccccc1[N+](=O)[O-]. The number of hydrogen-bond acceptors (Lipinski definition) is 8. The van der Waals surface area contributed by atoms with Crippen molar-refractivity contribution in [3.05, 3.63) is 79.9 Å². The number of carbonyl (C=O) groups excluding carboxylic acids is 2. The van der Waals surface area contributed by atoms with Gasteiger partial charge in [-0.05, 0) is 25.0 Å². The quantitative estimate of drug-likeness (QED) is 0.325. The standard InChI is InChI=1S/C22H22N4O8/c27-21-22(28)24(34-14-16-8-2-4-10-18(16)26(31)32)20-12-6-5-11-19(20)23(21)33-13-15-7-1-3-9-17(15)25(29)30/h1-4,7-10,19-20H,5-6,11-14H2/t19-,20-/m1/s1. The van der Waals surface area contributed by atoms with E-state index >= 15 is 0 Å². The van der Waals surface area contributed by atoms with E-state index in [9.17, 15) is 29.8 Å². The Morgan fingerprint density at radius 3 is 1.50 bits per heavy atom. The zero-order valence-electron chi connectivity index (χ0n) is 18.1. The van der Waals surface area contributed by atoms with Gasteiger partial charge in [-0.15, -0.1) is 0 Å². The molecule has 34 heavy (non-hydrogen) atoms. The minimum absolute atomic E-state index is 0.145. The van der Waals surface area contributed by atoms with E-state index in [-0.39, 0.29) is 35.7 Å². The fraction of sp³-hybridized carbons (Fsp3) is 0.364. The number of fused-ring (bicyclic) bond motifs is 1. The van der Waals surface area contributed by atoms with Crippen molar-refractivity contribution >= 4 is 23.2 Å². The van der Waals surface area contributed by atoms with Gasteiger partial charge < -0.3 is 0 Å². The molecule has 1 heterocycles. The Hall–Kier alpha value is -3.90. The fourth-order valence-corrected chi connectivity index (χ4v) is 4.34. The van der Waals surface area contributed by atoms with Gasteiger partial charge in [-0.3, -0.25) is 39.5 Å². The summed E-state index contributed by atoms with van der Waals surface area (Å²) in [5.41, 5.74) is 0.256. The lowest BCUT2D eigenvalue weighted by Gasteiger charge is -2.46. The second kappa shape index (κ2) is 9.93. The van der Waals surface area contributed by atoms with Gasteiger partial charge >= 0.3 is 11.8 Å². The average Bonchev–Trinajstić information content (AvgIpc) is 2.84. The Kier molecular flexibility index (Phi) is 6.80. The summed E-state index contributed by atoms with van der Waals surface area (Å²) in [5.74, 6) is -1.91. The number of nitro benzene ring substituents is 2. The number of hydroxylamine groups is 4. The monoisotopic (exact) mass is 470 g/mol. The second-order valence-corrected chi connectivity index (χ2v) is 8.00. The lowest BCUT2D eigenvalue weighted by atomic mass is 9.88. The first kappa shape index (κ1) is 23.3. The third-order valence-corrected chi connectivity index (χ3v) is 5.97. The minimum Gasteiger partial charge on any atom is -0.265 e. The van der Waals surface area contributed by atoms with Crippen molar-refractivity contribution < 1.29 is 29.1 Å². The predicted octanol–water partition coefficient (Wildman–Crippen LogP) is 3.05. The molecule has 2 aromatic carbocycles. The van der Waals surface area contributed by atoms with Crippen molar-refractivity contribution in [3.8, 4) is 0 Å². The Labute approximate surface area is 193 Å². The van der Waals surface area contributed by atoms with Gasteiger partial charge in [0.15, 0.2) is 0 Å². The van der Waals surface area contributed by atoms with Crippen molar-refractivity contribution in [1.82, 2.24) is 10.1 Å². The number of nitro groups is 2. The average molecular weight is 470 g/mol. The smallest absolute Gasteiger partial charge is 0.265 e. The first-order chi connectivity index (χ1) is 16.4. The highest BCUT2D eigenvalue weighted by atomic mass is 16.7. The molecule has 2 amide bonds. The molecule has 4 rings (SSSR count). The molecule has 1 aliphatic heterocycles. The van der Waals surface area contributed by atoms with Crippen molar-refractivity contribution in [3.63, 3.8) is 0 Å². The van der Waals surface area contributed by atoms with Crippen LogP contribution in [0.25, 0.3) is 0 Å². The van der Waals surface area contributed by atoms with Gasteiger partial charge in [-0.1, -0.05) is 37.1 Å². The Balaban J connectivity index is 1.51. The molecular formula is C22H22N4O8. The maximum atomic E-state index is 12.9. The topological polar surface area (TPSA) is 145 Å². The van der Waals surface area contributed by atoms with Crippen LogP contribution in [-0.2, 0) is 32.5 Å². The van der Waals surface area contributed by atoms with E-state index < -0.39 is 33.7 Å². The molecule has 2 fully saturated rings. The van der Waals surface area contributed by atoms with Crippen LogP contribution in [0.15, 0.2) is 48.5 Å². The third-order valence-electron chi connectivity index (χ3n) is 5.97. The summed E-state index contributed by atoms with van der Waals surface area (Å²) >= 11 is 0. The Bertz CT molecular complexity index is 1040. The zero-order chi connectivity index (χ0) is 24.2. The molecule has 0 N–H and O–H groups in total. The number of amides is 2. The second-order valence-electron chi connectivity index (χ2n) is 8.00. The number of carbonyl (C=O) groups is 2. The summed E-state index contributed by atoms with van der Waals surface area (Å²) in [6.45, 7) is -0.507. The van der Waals surface area contributed by atoms with Gasteiger partial charge in [0.2, 0.25) is 0 Å². The number of para-hydroxylation sites is 2. The van der Waals surface area contributed by atoms with Crippen LogP contribution >= 0.6 is 0 Å². The van der Waals surface area contributed by atoms with Crippen LogP contribution in [0, 0.1) is 20.2 Å². The number of rotatable bonds is 8. The van der Waals surface area contributed by atoms with Crippen molar-refractivity contribution in [2.75, 3.05) is 0 Å². The van der Waals surface area contributed by atoms with Gasteiger partial charge in [-0.25, -0.2) is 10.1 Å².